The van der Waals surface area contributed by atoms with E-state index < -0.39 is 50.7 Å². The summed E-state index contributed by atoms with van der Waals surface area (Å²) in [6.07, 6.45) is 0.382. The lowest BCUT2D eigenvalue weighted by Crippen LogP contribution is -2.09. The van der Waals surface area contributed by atoms with Crippen LogP contribution in [0.3, 0.4) is 0 Å². The topological polar surface area (TPSA) is 65.3 Å². The van der Waals surface area contributed by atoms with Crippen LogP contribution in [0.4, 0.5) is 22.0 Å². The molecule has 10 heteroatoms. The highest BCUT2D eigenvalue weighted by Crippen LogP contribution is 2.30. The monoisotopic (exact) mass is 417 g/mol. The van der Waals surface area contributed by atoms with E-state index in [2.05, 4.69) is 0 Å². The SMILES string of the molecule is COc1ccc(C[S+]([O-])/C(C#N)=C\c2c(F)c(F)c(F)c(F)c2F)cc1OC. The predicted molar refractivity (Wildman–Crippen MR) is 91.2 cm³/mol. The minimum absolute atomic E-state index is 0.269. The summed E-state index contributed by atoms with van der Waals surface area (Å²) < 4.78 is 89.7. The van der Waals surface area contributed by atoms with Gasteiger partial charge in [-0.25, -0.2) is 22.0 Å². The molecule has 0 saturated carbocycles. The van der Waals surface area contributed by atoms with Gasteiger partial charge in [-0.3, -0.25) is 0 Å². The van der Waals surface area contributed by atoms with E-state index in [9.17, 15) is 26.5 Å². The normalized spacial score (nSPS) is 12.5. The number of nitriles is 1. The van der Waals surface area contributed by atoms with Crippen molar-refractivity contribution in [2.75, 3.05) is 14.2 Å². The highest BCUT2D eigenvalue weighted by Gasteiger charge is 2.27. The van der Waals surface area contributed by atoms with Crippen LogP contribution in [0.15, 0.2) is 23.1 Å². The summed E-state index contributed by atoms with van der Waals surface area (Å²) in [6.45, 7) is 0. The van der Waals surface area contributed by atoms with Gasteiger partial charge in [0.05, 0.1) is 19.8 Å². The van der Waals surface area contributed by atoms with Crippen LogP contribution < -0.4 is 9.47 Å². The molecule has 1 unspecified atom stereocenters. The first-order chi connectivity index (χ1) is 13.2. The van der Waals surface area contributed by atoms with Gasteiger partial charge in [0.1, 0.15) is 5.75 Å². The fourth-order valence-electron chi connectivity index (χ4n) is 2.23. The number of halogens is 5. The molecule has 0 radical (unpaired) electrons. The van der Waals surface area contributed by atoms with E-state index in [1.54, 1.807) is 0 Å². The third kappa shape index (κ3) is 4.21. The first-order valence-corrected chi connectivity index (χ1v) is 8.79. The highest BCUT2D eigenvalue weighted by atomic mass is 32.2. The summed E-state index contributed by atoms with van der Waals surface area (Å²) in [5.74, 6) is -10.4. The Balaban J connectivity index is 2.40. The van der Waals surface area contributed by atoms with Crippen molar-refractivity contribution in [2.45, 2.75) is 5.75 Å². The number of rotatable bonds is 6. The molecule has 0 aromatic heterocycles. The first kappa shape index (κ1) is 21.5. The van der Waals surface area contributed by atoms with Gasteiger partial charge in [-0.05, 0) is 12.1 Å². The average molecular weight is 417 g/mol. The molecule has 0 aliphatic heterocycles. The molecular weight excluding hydrogens is 405 g/mol. The fraction of sp³-hybridized carbons (Fsp3) is 0.167. The lowest BCUT2D eigenvalue weighted by Gasteiger charge is -2.12. The second kappa shape index (κ2) is 8.95. The van der Waals surface area contributed by atoms with Crippen molar-refractivity contribution in [2.24, 2.45) is 0 Å². The molecule has 2 aromatic rings. The van der Waals surface area contributed by atoms with Crippen LogP contribution >= 0.6 is 0 Å². The molecule has 0 amide bonds. The van der Waals surface area contributed by atoms with Crippen LogP contribution in [0, 0.1) is 40.4 Å². The Bertz CT molecular complexity index is 946. The summed E-state index contributed by atoms with van der Waals surface area (Å²) in [5.41, 5.74) is -0.914. The molecule has 0 aliphatic carbocycles. The second-order valence-corrected chi connectivity index (χ2v) is 6.70. The Hall–Kier alpha value is -2.77. The quantitative estimate of drug-likeness (QED) is 0.232. The highest BCUT2D eigenvalue weighted by molar-refractivity contribution is 7.94. The van der Waals surface area contributed by atoms with Gasteiger partial charge in [0.15, 0.2) is 40.8 Å². The molecule has 2 rings (SSSR count). The predicted octanol–water partition coefficient (Wildman–Crippen LogP) is 4.21. The minimum atomic E-state index is -2.32. The Morgan fingerprint density at radius 2 is 1.54 bits per heavy atom. The molecule has 1 atom stereocenters. The maximum Gasteiger partial charge on any atom is 0.230 e. The first-order valence-electron chi connectivity index (χ1n) is 7.47. The lowest BCUT2D eigenvalue weighted by atomic mass is 10.1. The lowest BCUT2D eigenvalue weighted by molar-refractivity contribution is 0.354. The Morgan fingerprint density at radius 1 is 1.00 bits per heavy atom. The number of allylic oxidation sites excluding steroid dienone is 1. The molecule has 0 aliphatic rings. The van der Waals surface area contributed by atoms with Crippen LogP contribution in [0.25, 0.3) is 6.08 Å². The summed E-state index contributed by atoms with van der Waals surface area (Å²) in [7, 11) is 2.79. The smallest absolute Gasteiger partial charge is 0.230 e. The Morgan fingerprint density at radius 3 is 2.04 bits per heavy atom. The zero-order valence-corrected chi connectivity index (χ0v) is 15.3. The largest absolute Gasteiger partial charge is 0.611 e. The summed E-state index contributed by atoms with van der Waals surface area (Å²) in [5, 5.41) is 9.13. The van der Waals surface area contributed by atoms with Crippen LogP contribution in [-0.2, 0) is 16.9 Å². The van der Waals surface area contributed by atoms with Gasteiger partial charge in [0.2, 0.25) is 10.7 Å². The van der Waals surface area contributed by atoms with Gasteiger partial charge in [-0.15, -0.1) is 0 Å². The molecule has 0 spiro atoms. The van der Waals surface area contributed by atoms with E-state index in [0.717, 1.165) is 0 Å². The van der Waals surface area contributed by atoms with Crippen molar-refractivity contribution in [3.8, 4) is 17.6 Å². The summed E-state index contributed by atoms with van der Waals surface area (Å²) >= 11 is -2.13. The van der Waals surface area contributed by atoms with Gasteiger partial charge < -0.3 is 14.0 Å². The molecule has 148 valence electrons. The van der Waals surface area contributed by atoms with Crippen molar-refractivity contribution in [3.05, 3.63) is 63.3 Å². The van der Waals surface area contributed by atoms with E-state index in [1.165, 1.54) is 38.5 Å². The molecule has 4 nitrogen and oxygen atoms in total. The molecule has 0 bridgehead atoms. The molecular formula is C18H12F5NO3S. The number of nitrogens with zero attached hydrogens (tertiary/aromatic N) is 1. The van der Waals surface area contributed by atoms with Crippen LogP contribution in [0.5, 0.6) is 11.5 Å². The molecule has 0 heterocycles. The van der Waals surface area contributed by atoms with E-state index in [4.69, 9.17) is 14.7 Å². The molecule has 0 fully saturated rings. The van der Waals surface area contributed by atoms with Crippen molar-refractivity contribution in [1.29, 1.82) is 5.26 Å². The zero-order valence-electron chi connectivity index (χ0n) is 14.5. The summed E-state index contributed by atoms with van der Waals surface area (Å²) in [4.78, 5) is -0.669. The maximum atomic E-state index is 13.8. The van der Waals surface area contributed by atoms with Crippen LogP contribution in [-0.4, -0.2) is 18.8 Å². The number of benzene rings is 2. The zero-order chi connectivity index (χ0) is 21.0. The van der Waals surface area contributed by atoms with Crippen molar-refractivity contribution in [1.82, 2.24) is 0 Å². The number of hydrogen-bond donors (Lipinski definition) is 0. The molecule has 2 aromatic carbocycles. The van der Waals surface area contributed by atoms with Crippen LogP contribution in [0.1, 0.15) is 11.1 Å². The molecule has 0 saturated heterocycles. The third-order valence-electron chi connectivity index (χ3n) is 3.62. The van der Waals surface area contributed by atoms with Gasteiger partial charge in [0.25, 0.3) is 0 Å². The number of methoxy groups -OCH3 is 2. The fourth-order valence-corrected chi connectivity index (χ4v) is 3.22. The Kier molecular flexibility index (Phi) is 6.88. The van der Waals surface area contributed by atoms with Crippen LogP contribution in [0.2, 0.25) is 0 Å². The van der Waals surface area contributed by atoms with Gasteiger partial charge >= 0.3 is 0 Å². The van der Waals surface area contributed by atoms with E-state index in [1.807, 2.05) is 0 Å². The van der Waals surface area contributed by atoms with Crippen molar-refractivity contribution in [3.63, 3.8) is 0 Å². The molecule has 0 N–H and O–H groups in total. The van der Waals surface area contributed by atoms with Gasteiger partial charge in [-0.2, -0.15) is 5.26 Å². The number of ether oxygens (including phenoxy) is 2. The second-order valence-electron chi connectivity index (χ2n) is 5.28. The summed E-state index contributed by atoms with van der Waals surface area (Å²) in [6, 6.07) is 5.98. The van der Waals surface area contributed by atoms with E-state index >= 15 is 0 Å². The number of hydrogen-bond acceptors (Lipinski definition) is 4. The minimum Gasteiger partial charge on any atom is -0.611 e. The van der Waals surface area contributed by atoms with E-state index in [0.29, 0.717) is 23.1 Å². The van der Waals surface area contributed by atoms with Crippen molar-refractivity contribution >= 4 is 17.3 Å². The van der Waals surface area contributed by atoms with Gasteiger partial charge in [0, 0.05) is 22.8 Å². The van der Waals surface area contributed by atoms with E-state index in [-0.39, 0.29) is 5.75 Å². The standard InChI is InChI=1S/C18H12F5NO3S/c1-26-12-4-3-9(5-13(12)27-2)8-28(25)10(7-24)6-11-14(19)16(21)18(23)17(22)15(11)20/h3-6H,8H2,1-2H3/b10-6-. The van der Waals surface area contributed by atoms with Gasteiger partial charge in [-0.1, -0.05) is 6.07 Å². The Labute approximate surface area is 160 Å². The average Bonchev–Trinajstić information content (AvgIpc) is 2.70. The molecule has 28 heavy (non-hydrogen) atoms. The van der Waals surface area contributed by atoms with Crippen molar-refractivity contribution < 1.29 is 36.0 Å². The third-order valence-corrected chi connectivity index (χ3v) is 4.92. The maximum absolute atomic E-state index is 13.8.